The molecule has 21 heavy (non-hydrogen) atoms. The van der Waals surface area contributed by atoms with Crippen LogP contribution in [0.4, 0.5) is 17.1 Å². The molecule has 0 spiro atoms. The van der Waals surface area contributed by atoms with Crippen LogP contribution in [-0.4, -0.2) is 32.1 Å². The molecule has 0 bridgehead atoms. The summed E-state index contributed by atoms with van der Waals surface area (Å²) >= 11 is 0. The third kappa shape index (κ3) is 6.91. The number of nitro benzene ring substituents is 3. The van der Waals surface area contributed by atoms with Crippen molar-refractivity contribution in [3.63, 3.8) is 0 Å². The van der Waals surface area contributed by atoms with Crippen molar-refractivity contribution in [2.45, 2.75) is 0 Å². The van der Waals surface area contributed by atoms with Gasteiger partial charge in [0.15, 0.2) is 0 Å². The van der Waals surface area contributed by atoms with Crippen LogP contribution in [0.15, 0.2) is 18.2 Å². The SMILES string of the molecule is CN.O=[N+]([O-])O.O=[N+]([O-])c1cccc([N+](=O)[O-])c1[N+](=O)[O-]. The van der Waals surface area contributed by atoms with Gasteiger partial charge in [-0.1, -0.05) is 0 Å². The maximum atomic E-state index is 10.4. The molecule has 0 heterocycles. The lowest BCUT2D eigenvalue weighted by molar-refractivity contribution is -0.742. The van der Waals surface area contributed by atoms with Gasteiger partial charge in [-0.05, 0) is 13.1 Å². The number of nitrogens with two attached hydrogens (primary N) is 1. The van der Waals surface area contributed by atoms with Gasteiger partial charge in [-0.25, -0.2) is 0 Å². The molecule has 1 rings (SSSR count). The number of benzene rings is 1. The molecule has 0 amide bonds. The molecule has 1 aromatic carbocycles. The Morgan fingerprint density at radius 3 is 1.33 bits per heavy atom. The molecule has 14 nitrogen and oxygen atoms in total. The number of nitro groups is 3. The monoisotopic (exact) mass is 307 g/mol. The maximum Gasteiger partial charge on any atom is 0.422 e. The maximum absolute atomic E-state index is 10.4. The molecular formula is C7H9N5O9. The minimum absolute atomic E-state index is 0.838. The molecule has 0 fully saturated rings. The lowest BCUT2D eigenvalue weighted by atomic mass is 10.2. The van der Waals surface area contributed by atoms with Gasteiger partial charge in [0.05, 0.1) is 14.8 Å². The van der Waals surface area contributed by atoms with Crippen LogP contribution in [0.1, 0.15) is 0 Å². The topological polar surface area (TPSA) is 219 Å². The molecular weight excluding hydrogens is 298 g/mol. The van der Waals surface area contributed by atoms with E-state index < -0.39 is 36.9 Å². The first kappa shape index (κ1) is 19.9. The summed E-state index contributed by atoms with van der Waals surface area (Å²) in [6, 6.07) is 2.69. The van der Waals surface area contributed by atoms with Crippen molar-refractivity contribution in [3.8, 4) is 0 Å². The van der Waals surface area contributed by atoms with E-state index >= 15 is 0 Å². The normalized spacial score (nSPS) is 8.29. The van der Waals surface area contributed by atoms with Gasteiger partial charge in [0, 0.05) is 12.1 Å². The van der Waals surface area contributed by atoms with E-state index in [0.717, 1.165) is 18.2 Å². The van der Waals surface area contributed by atoms with Crippen LogP contribution in [0.2, 0.25) is 0 Å². The summed E-state index contributed by atoms with van der Waals surface area (Å²) < 4.78 is 0. The van der Waals surface area contributed by atoms with Crippen LogP contribution in [0.25, 0.3) is 0 Å². The number of hydrogen-bond acceptors (Lipinski definition) is 9. The summed E-state index contributed by atoms with van der Waals surface area (Å²) in [5, 5.41) is 44.8. The molecule has 1 aromatic rings. The van der Waals surface area contributed by atoms with E-state index in [-0.39, 0.29) is 0 Å². The molecule has 14 heteroatoms. The van der Waals surface area contributed by atoms with E-state index in [4.69, 9.17) is 15.3 Å². The predicted octanol–water partition coefficient (Wildman–Crippen LogP) is 0.638. The van der Waals surface area contributed by atoms with Crippen LogP contribution in [0.3, 0.4) is 0 Å². The molecule has 0 aliphatic carbocycles. The lowest BCUT2D eigenvalue weighted by Gasteiger charge is -1.95. The van der Waals surface area contributed by atoms with Gasteiger partial charge >= 0.3 is 17.1 Å². The Bertz CT molecular complexity index is 509. The van der Waals surface area contributed by atoms with Crippen molar-refractivity contribution in [1.82, 2.24) is 0 Å². The highest BCUT2D eigenvalue weighted by atomic mass is 16.9. The highest BCUT2D eigenvalue weighted by Crippen LogP contribution is 2.35. The summed E-state index contributed by atoms with van der Waals surface area (Å²) in [4.78, 5) is 36.4. The molecule has 116 valence electrons. The minimum Gasteiger partial charge on any atom is -0.333 e. The third-order valence-corrected chi connectivity index (χ3v) is 1.57. The fourth-order valence-corrected chi connectivity index (χ4v) is 1.00. The van der Waals surface area contributed by atoms with Crippen molar-refractivity contribution in [2.75, 3.05) is 7.05 Å². The molecule has 0 radical (unpaired) electrons. The fraction of sp³-hybridized carbons (Fsp3) is 0.143. The van der Waals surface area contributed by atoms with E-state index in [9.17, 15) is 30.3 Å². The Balaban J connectivity index is 0. The number of nitrogens with zero attached hydrogens (tertiary/aromatic N) is 4. The Morgan fingerprint density at radius 1 is 0.857 bits per heavy atom. The van der Waals surface area contributed by atoms with Gasteiger partial charge in [0.2, 0.25) is 0 Å². The van der Waals surface area contributed by atoms with Crippen LogP contribution in [-0.2, 0) is 0 Å². The zero-order valence-corrected chi connectivity index (χ0v) is 10.3. The number of rotatable bonds is 3. The second-order valence-corrected chi connectivity index (χ2v) is 2.65. The van der Waals surface area contributed by atoms with Crippen LogP contribution in [0.5, 0.6) is 0 Å². The van der Waals surface area contributed by atoms with Gasteiger partial charge in [-0.2, -0.15) is 0 Å². The first-order valence-electron chi connectivity index (χ1n) is 4.65. The van der Waals surface area contributed by atoms with Crippen molar-refractivity contribution < 1.29 is 25.1 Å². The Morgan fingerprint density at radius 2 is 1.14 bits per heavy atom. The summed E-state index contributed by atoms with van der Waals surface area (Å²) in [6.07, 6.45) is 0. The van der Waals surface area contributed by atoms with Gasteiger partial charge in [0.25, 0.3) is 5.09 Å². The van der Waals surface area contributed by atoms with Crippen LogP contribution < -0.4 is 5.73 Å². The number of hydrogen-bond donors (Lipinski definition) is 2. The Kier molecular flexibility index (Phi) is 9.01. The number of para-hydroxylation sites is 1. The molecule has 0 aliphatic heterocycles. The first-order chi connectivity index (χ1) is 9.68. The van der Waals surface area contributed by atoms with E-state index in [1.165, 1.54) is 7.05 Å². The van der Waals surface area contributed by atoms with E-state index in [1.54, 1.807) is 0 Å². The second kappa shape index (κ2) is 9.50. The van der Waals surface area contributed by atoms with Crippen molar-refractivity contribution in [2.24, 2.45) is 5.73 Å². The smallest absolute Gasteiger partial charge is 0.333 e. The standard InChI is InChI=1S/C6H3N3O6.CH5N.HNO3/c10-7(11)4-2-1-3-5(8(12)13)6(4)9(14)15;1-2;2-1(3)4/h1-3H;2H2,1H3;(H,2,3,4). The molecule has 0 unspecified atom stereocenters. The van der Waals surface area contributed by atoms with Crippen LogP contribution >= 0.6 is 0 Å². The average Bonchev–Trinajstić information content (AvgIpc) is 2.39. The Hall–Kier alpha value is -3.42. The predicted molar refractivity (Wildman–Crippen MR) is 65.3 cm³/mol. The molecule has 0 aromatic heterocycles. The van der Waals surface area contributed by atoms with E-state index in [1.807, 2.05) is 0 Å². The summed E-state index contributed by atoms with van der Waals surface area (Å²) in [7, 11) is 1.50. The van der Waals surface area contributed by atoms with Crippen molar-refractivity contribution >= 4 is 17.1 Å². The van der Waals surface area contributed by atoms with Crippen LogP contribution in [0, 0.1) is 40.5 Å². The average molecular weight is 307 g/mol. The second-order valence-electron chi connectivity index (χ2n) is 2.65. The highest BCUT2D eigenvalue weighted by Gasteiger charge is 2.34. The third-order valence-electron chi connectivity index (χ3n) is 1.57. The zero-order valence-electron chi connectivity index (χ0n) is 10.3. The molecule has 3 N–H and O–H groups in total. The van der Waals surface area contributed by atoms with Gasteiger partial charge in [-0.15, -0.1) is 10.1 Å². The fourth-order valence-electron chi connectivity index (χ4n) is 1.00. The zero-order chi connectivity index (χ0) is 17.2. The summed E-state index contributed by atoms with van der Waals surface area (Å²) in [6.45, 7) is 0. The quantitative estimate of drug-likeness (QED) is 0.585. The molecule has 0 saturated heterocycles. The lowest BCUT2D eigenvalue weighted by Crippen LogP contribution is -2.00. The Labute approximate surface area is 115 Å². The van der Waals surface area contributed by atoms with E-state index in [0.29, 0.717) is 0 Å². The summed E-state index contributed by atoms with van der Waals surface area (Å²) in [5.41, 5.74) is 1.61. The highest BCUT2D eigenvalue weighted by molar-refractivity contribution is 5.65. The first-order valence-corrected chi connectivity index (χ1v) is 4.65. The minimum atomic E-state index is -1.50. The molecule has 0 aliphatic rings. The van der Waals surface area contributed by atoms with Gasteiger partial charge in [0.1, 0.15) is 0 Å². The summed E-state index contributed by atoms with van der Waals surface area (Å²) in [5.74, 6) is 0. The van der Waals surface area contributed by atoms with Gasteiger partial charge < -0.3 is 10.9 Å². The van der Waals surface area contributed by atoms with Crippen molar-refractivity contribution in [3.05, 3.63) is 58.7 Å². The van der Waals surface area contributed by atoms with Gasteiger partial charge in [-0.3, -0.25) is 30.3 Å². The molecule has 0 atom stereocenters. The molecule has 0 saturated carbocycles. The van der Waals surface area contributed by atoms with E-state index in [2.05, 4.69) is 5.73 Å². The van der Waals surface area contributed by atoms with Crippen molar-refractivity contribution in [1.29, 1.82) is 0 Å². The largest absolute Gasteiger partial charge is 0.422 e.